The molecule has 106 valence electrons. The van der Waals surface area contributed by atoms with E-state index in [-0.39, 0.29) is 5.82 Å². The largest absolute Gasteiger partial charge is 0.378 e. The highest BCUT2D eigenvalue weighted by atomic mass is 35.5. The lowest BCUT2D eigenvalue weighted by atomic mass is 10.2. The molecule has 0 radical (unpaired) electrons. The van der Waals surface area contributed by atoms with Gasteiger partial charge in [-0.3, -0.25) is 5.10 Å². The second-order valence-electron chi connectivity index (χ2n) is 4.47. The summed E-state index contributed by atoms with van der Waals surface area (Å²) in [6.07, 6.45) is 0. The second kappa shape index (κ2) is 5.93. The number of halogens is 2. The number of nitrogens with zero attached hydrogens (tertiary/aromatic N) is 2. The van der Waals surface area contributed by atoms with Crippen LogP contribution in [0.1, 0.15) is 5.82 Å². The van der Waals surface area contributed by atoms with Crippen molar-refractivity contribution in [2.75, 3.05) is 5.32 Å². The number of H-pyrrole nitrogens is 1. The maximum atomic E-state index is 12.8. The SMILES string of the molecule is Fc1ccc(NCc2nc(-c3ccc(Cl)cc3)n[nH]2)cc1. The quantitative estimate of drug-likeness (QED) is 0.769. The molecule has 2 aromatic carbocycles. The molecule has 2 N–H and O–H groups in total. The predicted octanol–water partition coefficient (Wildman–Crippen LogP) is 3.88. The van der Waals surface area contributed by atoms with E-state index < -0.39 is 0 Å². The molecule has 0 bridgehead atoms. The van der Waals surface area contributed by atoms with Crippen LogP contribution in [-0.2, 0) is 6.54 Å². The Bertz CT molecular complexity index is 722. The van der Waals surface area contributed by atoms with E-state index in [4.69, 9.17) is 11.6 Å². The van der Waals surface area contributed by atoms with Gasteiger partial charge in [0.1, 0.15) is 11.6 Å². The average Bonchev–Trinajstić information content (AvgIpc) is 2.96. The highest BCUT2D eigenvalue weighted by Crippen LogP contribution is 2.18. The zero-order valence-corrected chi connectivity index (χ0v) is 11.7. The highest BCUT2D eigenvalue weighted by Gasteiger charge is 2.05. The summed E-state index contributed by atoms with van der Waals surface area (Å²) in [6.45, 7) is 0.478. The Kier molecular flexibility index (Phi) is 3.83. The smallest absolute Gasteiger partial charge is 0.181 e. The van der Waals surface area contributed by atoms with Crippen molar-refractivity contribution in [2.45, 2.75) is 6.54 Å². The molecule has 4 nitrogen and oxygen atoms in total. The fraction of sp³-hybridized carbons (Fsp3) is 0.0667. The van der Waals surface area contributed by atoms with Crippen molar-refractivity contribution >= 4 is 17.3 Å². The van der Waals surface area contributed by atoms with E-state index in [0.29, 0.717) is 23.2 Å². The molecule has 0 unspecified atom stereocenters. The first-order valence-corrected chi connectivity index (χ1v) is 6.75. The van der Waals surface area contributed by atoms with Crippen molar-refractivity contribution in [3.05, 3.63) is 65.2 Å². The molecule has 3 rings (SSSR count). The lowest BCUT2D eigenvalue weighted by Gasteiger charge is -2.03. The minimum absolute atomic E-state index is 0.259. The van der Waals surface area contributed by atoms with Crippen molar-refractivity contribution in [3.63, 3.8) is 0 Å². The first-order valence-electron chi connectivity index (χ1n) is 6.37. The van der Waals surface area contributed by atoms with Gasteiger partial charge in [-0.2, -0.15) is 5.10 Å². The molecule has 0 amide bonds. The molecule has 0 saturated heterocycles. The average molecular weight is 303 g/mol. The van der Waals surface area contributed by atoms with Crippen LogP contribution in [0.3, 0.4) is 0 Å². The zero-order valence-electron chi connectivity index (χ0n) is 11.0. The molecule has 0 saturated carbocycles. The van der Waals surface area contributed by atoms with E-state index in [2.05, 4.69) is 20.5 Å². The predicted molar refractivity (Wildman–Crippen MR) is 80.6 cm³/mol. The third kappa shape index (κ3) is 3.38. The van der Waals surface area contributed by atoms with Crippen LogP contribution in [0.15, 0.2) is 48.5 Å². The first-order chi connectivity index (χ1) is 10.2. The summed E-state index contributed by atoms with van der Waals surface area (Å²) in [5.41, 5.74) is 1.71. The van der Waals surface area contributed by atoms with Gasteiger partial charge in [0.25, 0.3) is 0 Å². The topological polar surface area (TPSA) is 53.6 Å². The van der Waals surface area contributed by atoms with Crippen LogP contribution in [0, 0.1) is 5.82 Å². The zero-order chi connectivity index (χ0) is 14.7. The number of hydrogen-bond acceptors (Lipinski definition) is 3. The van der Waals surface area contributed by atoms with Gasteiger partial charge < -0.3 is 5.32 Å². The molecular formula is C15H12ClFN4. The normalized spacial score (nSPS) is 10.6. The van der Waals surface area contributed by atoms with E-state index >= 15 is 0 Å². The van der Waals surface area contributed by atoms with Gasteiger partial charge in [-0.15, -0.1) is 0 Å². The fourth-order valence-electron chi connectivity index (χ4n) is 1.86. The molecule has 0 aliphatic rings. The lowest BCUT2D eigenvalue weighted by Crippen LogP contribution is -2.01. The van der Waals surface area contributed by atoms with Gasteiger partial charge in [-0.25, -0.2) is 9.37 Å². The number of hydrogen-bond donors (Lipinski definition) is 2. The van der Waals surface area contributed by atoms with Gasteiger partial charge in [-0.1, -0.05) is 11.6 Å². The summed E-state index contributed by atoms with van der Waals surface area (Å²) in [6, 6.07) is 13.5. The molecule has 0 fully saturated rings. The fourth-order valence-corrected chi connectivity index (χ4v) is 1.98. The van der Waals surface area contributed by atoms with Crippen molar-refractivity contribution < 1.29 is 4.39 Å². The summed E-state index contributed by atoms with van der Waals surface area (Å²) >= 11 is 5.85. The van der Waals surface area contributed by atoms with Crippen molar-refractivity contribution in [1.82, 2.24) is 15.2 Å². The van der Waals surface area contributed by atoms with Gasteiger partial charge in [0, 0.05) is 16.3 Å². The van der Waals surface area contributed by atoms with E-state index in [1.54, 1.807) is 24.3 Å². The van der Waals surface area contributed by atoms with Crippen molar-refractivity contribution in [2.24, 2.45) is 0 Å². The Hall–Kier alpha value is -2.40. The number of nitrogens with one attached hydrogen (secondary N) is 2. The third-order valence-corrected chi connectivity index (χ3v) is 3.19. The van der Waals surface area contributed by atoms with Gasteiger partial charge in [0.2, 0.25) is 0 Å². The summed E-state index contributed by atoms with van der Waals surface area (Å²) < 4.78 is 12.8. The molecule has 0 aliphatic carbocycles. The van der Waals surface area contributed by atoms with Crippen LogP contribution in [0.4, 0.5) is 10.1 Å². The Morgan fingerprint density at radius 3 is 2.48 bits per heavy atom. The molecular weight excluding hydrogens is 291 g/mol. The second-order valence-corrected chi connectivity index (χ2v) is 4.91. The van der Waals surface area contributed by atoms with E-state index in [1.807, 2.05) is 12.1 Å². The molecule has 1 aromatic heterocycles. The summed E-state index contributed by atoms with van der Waals surface area (Å²) in [5.74, 6) is 1.05. The van der Waals surface area contributed by atoms with Gasteiger partial charge >= 0.3 is 0 Å². The molecule has 1 heterocycles. The Morgan fingerprint density at radius 1 is 1.05 bits per heavy atom. The van der Waals surface area contributed by atoms with Crippen LogP contribution in [-0.4, -0.2) is 15.2 Å². The van der Waals surface area contributed by atoms with E-state index in [0.717, 1.165) is 11.3 Å². The number of anilines is 1. The van der Waals surface area contributed by atoms with Gasteiger partial charge in [-0.05, 0) is 48.5 Å². The van der Waals surface area contributed by atoms with Gasteiger partial charge in [0.15, 0.2) is 5.82 Å². The minimum Gasteiger partial charge on any atom is -0.378 e. The highest BCUT2D eigenvalue weighted by molar-refractivity contribution is 6.30. The molecule has 0 atom stereocenters. The Balaban J connectivity index is 1.67. The molecule has 0 spiro atoms. The maximum Gasteiger partial charge on any atom is 0.181 e. The van der Waals surface area contributed by atoms with Crippen LogP contribution in [0.2, 0.25) is 5.02 Å². The standard InChI is InChI=1S/C15H12ClFN4/c16-11-3-1-10(2-4-11)15-19-14(20-21-15)9-18-13-7-5-12(17)6-8-13/h1-8,18H,9H2,(H,19,20,21). The van der Waals surface area contributed by atoms with E-state index in [9.17, 15) is 4.39 Å². The van der Waals surface area contributed by atoms with Crippen LogP contribution in [0.25, 0.3) is 11.4 Å². The summed E-state index contributed by atoms with van der Waals surface area (Å²) in [4.78, 5) is 4.40. The summed E-state index contributed by atoms with van der Waals surface area (Å²) in [5, 5.41) is 10.8. The van der Waals surface area contributed by atoms with E-state index in [1.165, 1.54) is 12.1 Å². The number of aromatic nitrogens is 3. The summed E-state index contributed by atoms with van der Waals surface area (Å²) in [7, 11) is 0. The van der Waals surface area contributed by atoms with Crippen molar-refractivity contribution in [1.29, 1.82) is 0 Å². The Labute approximate surface area is 126 Å². The van der Waals surface area contributed by atoms with Crippen LogP contribution in [0.5, 0.6) is 0 Å². The monoisotopic (exact) mass is 302 g/mol. The maximum absolute atomic E-state index is 12.8. The van der Waals surface area contributed by atoms with Crippen LogP contribution >= 0.6 is 11.6 Å². The number of benzene rings is 2. The van der Waals surface area contributed by atoms with Gasteiger partial charge in [0.05, 0.1) is 6.54 Å². The lowest BCUT2D eigenvalue weighted by molar-refractivity contribution is 0.628. The molecule has 21 heavy (non-hydrogen) atoms. The molecule has 0 aliphatic heterocycles. The minimum atomic E-state index is -0.259. The first kappa shape index (κ1) is 13.6. The number of rotatable bonds is 4. The molecule has 6 heteroatoms. The number of aromatic amines is 1. The van der Waals surface area contributed by atoms with Crippen LogP contribution < -0.4 is 5.32 Å². The Morgan fingerprint density at radius 2 is 1.76 bits per heavy atom. The third-order valence-electron chi connectivity index (χ3n) is 2.94. The van der Waals surface area contributed by atoms with Crippen molar-refractivity contribution in [3.8, 4) is 11.4 Å². The molecule has 3 aromatic rings.